The van der Waals surface area contributed by atoms with Gasteiger partial charge in [-0.05, 0) is 31.0 Å². The Kier molecular flexibility index (Phi) is 7.50. The molecule has 112 valence electrons. The number of carbonyl (C=O) groups is 1. The van der Waals surface area contributed by atoms with Gasteiger partial charge >= 0.3 is 0 Å². The normalized spacial score (nSPS) is 10.3. The summed E-state index contributed by atoms with van der Waals surface area (Å²) in [5.74, 6) is -0.0731. The minimum Gasteiger partial charge on any atom is -0.397 e. The summed E-state index contributed by atoms with van der Waals surface area (Å²) in [6.07, 6.45) is 2.96. The molecule has 0 fully saturated rings. The maximum absolute atomic E-state index is 11.9. The van der Waals surface area contributed by atoms with Gasteiger partial charge in [0, 0.05) is 32.4 Å². The van der Waals surface area contributed by atoms with Gasteiger partial charge in [-0.25, -0.2) is 0 Å². The first-order valence-corrected chi connectivity index (χ1v) is 7.09. The zero-order chi connectivity index (χ0) is 14.8. The lowest BCUT2D eigenvalue weighted by atomic mass is 10.1. The Morgan fingerprint density at radius 1 is 1.30 bits per heavy atom. The molecule has 0 radical (unpaired) electrons. The van der Waals surface area contributed by atoms with Gasteiger partial charge in [-0.3, -0.25) is 4.79 Å². The Labute approximate surface area is 120 Å². The number of benzene rings is 1. The highest BCUT2D eigenvalue weighted by Crippen LogP contribution is 2.19. The van der Waals surface area contributed by atoms with E-state index in [0.717, 1.165) is 31.5 Å². The number of methoxy groups -OCH3 is 1. The van der Waals surface area contributed by atoms with E-state index < -0.39 is 0 Å². The first-order chi connectivity index (χ1) is 9.69. The first kappa shape index (κ1) is 16.3. The van der Waals surface area contributed by atoms with Crippen molar-refractivity contribution in [3.63, 3.8) is 0 Å². The van der Waals surface area contributed by atoms with Gasteiger partial charge in [0.05, 0.1) is 11.4 Å². The number of nitrogen functional groups attached to an aromatic ring is 1. The van der Waals surface area contributed by atoms with E-state index >= 15 is 0 Å². The van der Waals surface area contributed by atoms with Crippen molar-refractivity contribution in [1.82, 2.24) is 5.32 Å². The van der Waals surface area contributed by atoms with Gasteiger partial charge in [0.1, 0.15) is 0 Å². The topological polar surface area (TPSA) is 76.4 Å². The number of carbonyl (C=O) groups excluding carboxylic acids is 1. The third-order valence-electron chi connectivity index (χ3n) is 2.97. The van der Waals surface area contributed by atoms with Gasteiger partial charge in [0.15, 0.2) is 0 Å². The van der Waals surface area contributed by atoms with Crippen LogP contribution in [0, 0.1) is 0 Å². The lowest BCUT2D eigenvalue weighted by Crippen LogP contribution is -2.24. The second-order valence-electron chi connectivity index (χ2n) is 4.68. The highest BCUT2D eigenvalue weighted by Gasteiger charge is 2.07. The summed E-state index contributed by atoms with van der Waals surface area (Å²) >= 11 is 0. The fourth-order valence-electron chi connectivity index (χ4n) is 1.79. The third kappa shape index (κ3) is 5.48. The maximum atomic E-state index is 11.9. The van der Waals surface area contributed by atoms with Crippen LogP contribution in [0.4, 0.5) is 11.4 Å². The van der Waals surface area contributed by atoms with Crippen LogP contribution >= 0.6 is 0 Å². The smallest absolute Gasteiger partial charge is 0.251 e. The molecule has 5 heteroatoms. The van der Waals surface area contributed by atoms with E-state index in [1.807, 2.05) is 6.07 Å². The summed E-state index contributed by atoms with van der Waals surface area (Å²) in [6.45, 7) is 4.30. The molecular weight excluding hydrogens is 254 g/mol. The number of ether oxygens (including phenoxy) is 1. The molecule has 1 rings (SSSR count). The Bertz CT molecular complexity index is 422. The number of unbranched alkanes of at least 4 members (excludes halogenated alkanes) is 1. The van der Waals surface area contributed by atoms with Crippen LogP contribution < -0.4 is 16.4 Å². The monoisotopic (exact) mass is 279 g/mol. The van der Waals surface area contributed by atoms with Crippen molar-refractivity contribution in [2.45, 2.75) is 26.2 Å². The van der Waals surface area contributed by atoms with Crippen LogP contribution in [0.15, 0.2) is 18.2 Å². The van der Waals surface area contributed by atoms with E-state index in [9.17, 15) is 4.79 Å². The van der Waals surface area contributed by atoms with Crippen LogP contribution in [0.3, 0.4) is 0 Å². The van der Waals surface area contributed by atoms with E-state index in [1.165, 1.54) is 0 Å². The molecule has 0 heterocycles. The van der Waals surface area contributed by atoms with Crippen molar-refractivity contribution in [2.75, 3.05) is 37.9 Å². The van der Waals surface area contributed by atoms with E-state index in [0.29, 0.717) is 24.4 Å². The molecule has 0 bridgehead atoms. The maximum Gasteiger partial charge on any atom is 0.251 e. The van der Waals surface area contributed by atoms with E-state index in [1.54, 1.807) is 19.2 Å². The average Bonchev–Trinajstić information content (AvgIpc) is 2.45. The van der Waals surface area contributed by atoms with Gasteiger partial charge in [0.25, 0.3) is 5.91 Å². The number of nitrogens with two attached hydrogens (primary N) is 1. The van der Waals surface area contributed by atoms with E-state index in [-0.39, 0.29) is 5.91 Å². The van der Waals surface area contributed by atoms with Gasteiger partial charge in [-0.1, -0.05) is 13.3 Å². The van der Waals surface area contributed by atoms with E-state index in [2.05, 4.69) is 17.6 Å². The highest BCUT2D eigenvalue weighted by molar-refractivity contribution is 5.96. The molecule has 0 aliphatic heterocycles. The van der Waals surface area contributed by atoms with Crippen LogP contribution in [0.2, 0.25) is 0 Å². The Morgan fingerprint density at radius 2 is 2.10 bits per heavy atom. The zero-order valence-corrected chi connectivity index (χ0v) is 12.4. The summed E-state index contributed by atoms with van der Waals surface area (Å²) in [6, 6.07) is 5.34. The molecule has 5 nitrogen and oxygen atoms in total. The Hall–Kier alpha value is -1.75. The molecule has 0 aliphatic rings. The average molecular weight is 279 g/mol. The molecule has 0 saturated heterocycles. The number of anilines is 2. The number of nitrogens with one attached hydrogen (secondary N) is 2. The lowest BCUT2D eigenvalue weighted by Gasteiger charge is -2.11. The zero-order valence-electron chi connectivity index (χ0n) is 12.4. The molecular formula is C15H25N3O2. The molecule has 4 N–H and O–H groups in total. The molecule has 0 unspecified atom stereocenters. The second-order valence-corrected chi connectivity index (χ2v) is 4.68. The van der Waals surface area contributed by atoms with Gasteiger partial charge in [0.2, 0.25) is 0 Å². The van der Waals surface area contributed by atoms with Crippen molar-refractivity contribution in [2.24, 2.45) is 0 Å². The largest absolute Gasteiger partial charge is 0.397 e. The minimum absolute atomic E-state index is 0.0731. The number of rotatable bonds is 9. The van der Waals surface area contributed by atoms with Crippen LogP contribution in [-0.2, 0) is 4.74 Å². The highest BCUT2D eigenvalue weighted by atomic mass is 16.5. The van der Waals surface area contributed by atoms with Crippen LogP contribution in [0.1, 0.15) is 36.5 Å². The van der Waals surface area contributed by atoms with Gasteiger partial charge < -0.3 is 21.1 Å². The molecule has 0 saturated carbocycles. The number of hydrogen-bond donors (Lipinski definition) is 3. The van der Waals surface area contributed by atoms with Crippen molar-refractivity contribution in [3.8, 4) is 0 Å². The third-order valence-corrected chi connectivity index (χ3v) is 2.97. The second kappa shape index (κ2) is 9.20. The molecule has 20 heavy (non-hydrogen) atoms. The Balaban J connectivity index is 2.51. The summed E-state index contributed by atoms with van der Waals surface area (Å²) in [4.78, 5) is 11.9. The van der Waals surface area contributed by atoms with Crippen molar-refractivity contribution in [1.29, 1.82) is 0 Å². The molecule has 1 amide bonds. The van der Waals surface area contributed by atoms with Crippen LogP contribution in [-0.4, -0.2) is 32.7 Å². The first-order valence-electron chi connectivity index (χ1n) is 7.09. The summed E-state index contributed by atoms with van der Waals surface area (Å²) in [5, 5.41) is 6.10. The SMILES string of the molecule is CCCCNC(=O)c1ccc(NCCCOC)c(N)c1. The predicted molar refractivity (Wildman–Crippen MR) is 83.1 cm³/mol. The van der Waals surface area contributed by atoms with Crippen molar-refractivity contribution >= 4 is 17.3 Å². The number of hydrogen-bond acceptors (Lipinski definition) is 4. The fourth-order valence-corrected chi connectivity index (χ4v) is 1.79. The molecule has 1 aromatic rings. The predicted octanol–water partition coefficient (Wildman–Crippen LogP) is 2.25. The number of amides is 1. The van der Waals surface area contributed by atoms with Crippen molar-refractivity contribution < 1.29 is 9.53 Å². The molecule has 0 aliphatic carbocycles. The molecule has 0 spiro atoms. The van der Waals surface area contributed by atoms with Gasteiger partial charge in [-0.15, -0.1) is 0 Å². The molecule has 1 aromatic carbocycles. The minimum atomic E-state index is -0.0731. The molecule has 0 atom stereocenters. The Morgan fingerprint density at radius 3 is 2.75 bits per heavy atom. The van der Waals surface area contributed by atoms with Crippen molar-refractivity contribution in [3.05, 3.63) is 23.8 Å². The fraction of sp³-hybridized carbons (Fsp3) is 0.533. The quantitative estimate of drug-likeness (QED) is 0.478. The standard InChI is InChI=1S/C15H25N3O2/c1-3-4-8-18-15(19)12-6-7-14(13(16)11-12)17-9-5-10-20-2/h6-7,11,17H,3-5,8-10,16H2,1-2H3,(H,18,19). The van der Waals surface area contributed by atoms with E-state index in [4.69, 9.17) is 10.5 Å². The van der Waals surface area contributed by atoms with Gasteiger partial charge in [-0.2, -0.15) is 0 Å². The van der Waals surface area contributed by atoms with Crippen LogP contribution in [0.5, 0.6) is 0 Å². The summed E-state index contributed by atoms with van der Waals surface area (Å²) in [7, 11) is 1.68. The van der Waals surface area contributed by atoms with Crippen LogP contribution in [0.25, 0.3) is 0 Å². The molecule has 0 aromatic heterocycles. The summed E-state index contributed by atoms with van der Waals surface area (Å²) < 4.78 is 4.98. The lowest BCUT2D eigenvalue weighted by molar-refractivity contribution is 0.0953. The summed E-state index contributed by atoms with van der Waals surface area (Å²) in [5.41, 5.74) is 7.99.